The number of carbonyl (C=O) groups is 3. The van der Waals surface area contributed by atoms with E-state index in [0.29, 0.717) is 16.8 Å². The van der Waals surface area contributed by atoms with Crippen LogP contribution in [0.1, 0.15) is 32.7 Å². The van der Waals surface area contributed by atoms with E-state index in [1.54, 1.807) is 36.4 Å². The molecule has 2 aromatic rings. The summed E-state index contributed by atoms with van der Waals surface area (Å²) in [6.07, 6.45) is -0.294. The maximum absolute atomic E-state index is 12.3. The number of nitrogens with zero attached hydrogens (tertiary/aromatic N) is 1. The highest BCUT2D eigenvalue weighted by Crippen LogP contribution is 2.08. The Morgan fingerprint density at radius 1 is 1.00 bits per heavy atom. The van der Waals surface area contributed by atoms with Crippen LogP contribution < -0.4 is 11.2 Å². The Balaban J connectivity index is 2.13. The molecule has 1 amide bonds. The number of anilines is 1. The number of hydrogen-bond donors (Lipinski definition) is 2. The molecular formula is C19H19N3O4. The fraction of sp³-hybridized carbons (Fsp3) is 0.158. The molecule has 134 valence electrons. The second-order valence-corrected chi connectivity index (χ2v) is 5.58. The number of hydrogen-bond acceptors (Lipinski definition) is 6. The van der Waals surface area contributed by atoms with Crippen LogP contribution in [-0.4, -0.2) is 30.5 Å². The van der Waals surface area contributed by atoms with Gasteiger partial charge in [0.2, 0.25) is 0 Å². The minimum absolute atomic E-state index is 0.193. The van der Waals surface area contributed by atoms with Crippen molar-refractivity contribution >= 4 is 29.1 Å². The Hall–Kier alpha value is -3.48. The number of ether oxygens (including phenoxy) is 1. The summed E-state index contributed by atoms with van der Waals surface area (Å²) in [4.78, 5) is 36.2. The Labute approximate surface area is 150 Å². The molecule has 0 radical (unpaired) electrons. The molecule has 0 spiro atoms. The van der Waals surface area contributed by atoms with E-state index in [9.17, 15) is 14.4 Å². The van der Waals surface area contributed by atoms with Crippen LogP contribution in [-0.2, 0) is 9.53 Å². The van der Waals surface area contributed by atoms with Crippen molar-refractivity contribution in [2.24, 2.45) is 5.10 Å². The molecule has 3 N–H and O–H groups in total. The van der Waals surface area contributed by atoms with Gasteiger partial charge in [0.05, 0.1) is 13.5 Å². The van der Waals surface area contributed by atoms with Crippen molar-refractivity contribution in [3.8, 4) is 0 Å². The highest BCUT2D eigenvalue weighted by molar-refractivity contribution is 6.40. The monoisotopic (exact) mass is 353 g/mol. The summed E-state index contributed by atoms with van der Waals surface area (Å²) in [5.41, 5.74) is 9.92. The van der Waals surface area contributed by atoms with E-state index in [0.717, 1.165) is 5.56 Å². The third kappa shape index (κ3) is 5.01. The molecule has 0 aromatic heterocycles. The van der Waals surface area contributed by atoms with Crippen LogP contribution in [0.5, 0.6) is 0 Å². The summed E-state index contributed by atoms with van der Waals surface area (Å²) < 4.78 is 4.63. The van der Waals surface area contributed by atoms with E-state index >= 15 is 0 Å². The average Bonchev–Trinajstić information content (AvgIpc) is 2.65. The van der Waals surface area contributed by atoms with Crippen molar-refractivity contribution in [2.45, 2.75) is 13.3 Å². The lowest BCUT2D eigenvalue weighted by atomic mass is 10.0. The molecule has 2 rings (SSSR count). The SMILES string of the molecule is COC(=O)/C(CC(=O)c1ccc(C)cc1)=N\NC(=O)c1ccc(N)cc1. The fourth-order valence-corrected chi connectivity index (χ4v) is 2.09. The van der Waals surface area contributed by atoms with Gasteiger partial charge in [0.1, 0.15) is 0 Å². The summed E-state index contributed by atoms with van der Waals surface area (Å²) in [6.45, 7) is 1.91. The maximum Gasteiger partial charge on any atom is 0.354 e. The third-order valence-electron chi connectivity index (χ3n) is 3.59. The molecule has 0 aliphatic heterocycles. The molecule has 0 unspecified atom stereocenters. The molecule has 0 saturated carbocycles. The summed E-state index contributed by atoms with van der Waals surface area (Å²) in [5, 5.41) is 3.77. The minimum Gasteiger partial charge on any atom is -0.464 e. The van der Waals surface area contributed by atoms with Crippen LogP contribution in [0.2, 0.25) is 0 Å². The van der Waals surface area contributed by atoms with Crippen LogP contribution in [0.25, 0.3) is 0 Å². The number of methoxy groups -OCH3 is 1. The highest BCUT2D eigenvalue weighted by atomic mass is 16.5. The van der Waals surface area contributed by atoms with Gasteiger partial charge in [-0.25, -0.2) is 10.2 Å². The van der Waals surface area contributed by atoms with Gasteiger partial charge in [-0.2, -0.15) is 5.10 Å². The normalized spacial score (nSPS) is 10.9. The summed E-state index contributed by atoms with van der Waals surface area (Å²) in [5.74, 6) is -1.63. The predicted octanol–water partition coefficient (Wildman–Crippen LogP) is 2.11. The zero-order chi connectivity index (χ0) is 19.1. The van der Waals surface area contributed by atoms with Gasteiger partial charge in [0, 0.05) is 16.8 Å². The number of benzene rings is 2. The lowest BCUT2D eigenvalue weighted by Crippen LogP contribution is -2.26. The van der Waals surface area contributed by atoms with Gasteiger partial charge in [-0.3, -0.25) is 9.59 Å². The first-order valence-corrected chi connectivity index (χ1v) is 7.81. The van der Waals surface area contributed by atoms with Crippen LogP contribution in [0.4, 0.5) is 5.69 Å². The topological polar surface area (TPSA) is 111 Å². The fourth-order valence-electron chi connectivity index (χ4n) is 2.09. The minimum atomic E-state index is -0.789. The lowest BCUT2D eigenvalue weighted by molar-refractivity contribution is -0.132. The molecule has 0 fully saturated rings. The number of amides is 1. The van der Waals surface area contributed by atoms with Crippen LogP contribution in [0.15, 0.2) is 53.6 Å². The Kier molecular flexibility index (Phi) is 6.21. The van der Waals surface area contributed by atoms with Gasteiger partial charge in [0.25, 0.3) is 5.91 Å². The number of rotatable bonds is 6. The van der Waals surface area contributed by atoms with Gasteiger partial charge in [-0.15, -0.1) is 0 Å². The van der Waals surface area contributed by atoms with Crippen molar-refractivity contribution in [1.29, 1.82) is 0 Å². The van der Waals surface area contributed by atoms with Crippen molar-refractivity contribution in [2.75, 3.05) is 12.8 Å². The second-order valence-electron chi connectivity index (χ2n) is 5.58. The zero-order valence-electron chi connectivity index (χ0n) is 14.5. The van der Waals surface area contributed by atoms with Gasteiger partial charge in [-0.05, 0) is 31.2 Å². The van der Waals surface area contributed by atoms with E-state index in [1.807, 2.05) is 6.92 Å². The van der Waals surface area contributed by atoms with Crippen molar-refractivity contribution in [1.82, 2.24) is 5.43 Å². The Morgan fingerprint density at radius 2 is 1.58 bits per heavy atom. The number of Topliss-reactive ketones (excluding diaryl/α,β-unsaturated/α-hetero) is 1. The van der Waals surface area contributed by atoms with Gasteiger partial charge >= 0.3 is 5.97 Å². The van der Waals surface area contributed by atoms with Gasteiger partial charge < -0.3 is 10.5 Å². The second kappa shape index (κ2) is 8.57. The number of nitrogens with one attached hydrogen (secondary N) is 1. The summed E-state index contributed by atoms with van der Waals surface area (Å²) in [6, 6.07) is 13.1. The van der Waals surface area contributed by atoms with Crippen LogP contribution >= 0.6 is 0 Å². The number of hydrazone groups is 1. The van der Waals surface area contributed by atoms with E-state index in [2.05, 4.69) is 15.3 Å². The Bertz CT molecular complexity index is 840. The molecular weight excluding hydrogens is 334 g/mol. The maximum atomic E-state index is 12.3. The molecule has 0 atom stereocenters. The van der Waals surface area contributed by atoms with Crippen LogP contribution in [0.3, 0.4) is 0 Å². The molecule has 7 nitrogen and oxygen atoms in total. The van der Waals surface area contributed by atoms with Crippen LogP contribution in [0, 0.1) is 6.92 Å². The molecule has 0 aliphatic carbocycles. The van der Waals surface area contributed by atoms with Crippen molar-refractivity contribution < 1.29 is 19.1 Å². The molecule has 26 heavy (non-hydrogen) atoms. The molecule has 0 saturated heterocycles. The molecule has 0 heterocycles. The lowest BCUT2D eigenvalue weighted by Gasteiger charge is -2.06. The average molecular weight is 353 g/mol. The van der Waals surface area contributed by atoms with Gasteiger partial charge in [0.15, 0.2) is 11.5 Å². The summed E-state index contributed by atoms with van der Waals surface area (Å²) in [7, 11) is 1.18. The van der Waals surface area contributed by atoms with Crippen molar-refractivity contribution in [3.63, 3.8) is 0 Å². The predicted molar refractivity (Wildman–Crippen MR) is 97.9 cm³/mol. The number of nitrogen functional groups attached to an aromatic ring is 1. The van der Waals surface area contributed by atoms with E-state index in [4.69, 9.17) is 5.73 Å². The quantitative estimate of drug-likeness (QED) is 0.272. The van der Waals surface area contributed by atoms with E-state index < -0.39 is 11.9 Å². The molecule has 7 heteroatoms. The summed E-state index contributed by atoms with van der Waals surface area (Å²) >= 11 is 0. The molecule has 2 aromatic carbocycles. The molecule has 0 bridgehead atoms. The third-order valence-corrected chi connectivity index (χ3v) is 3.59. The van der Waals surface area contributed by atoms with Gasteiger partial charge in [-0.1, -0.05) is 29.8 Å². The van der Waals surface area contributed by atoms with Crippen molar-refractivity contribution in [3.05, 3.63) is 65.2 Å². The highest BCUT2D eigenvalue weighted by Gasteiger charge is 2.18. The smallest absolute Gasteiger partial charge is 0.354 e. The Morgan fingerprint density at radius 3 is 2.15 bits per heavy atom. The first-order chi connectivity index (χ1) is 12.4. The first kappa shape index (κ1) is 18.9. The number of ketones is 1. The largest absolute Gasteiger partial charge is 0.464 e. The number of nitrogens with two attached hydrogens (primary N) is 1. The van der Waals surface area contributed by atoms with E-state index in [-0.39, 0.29) is 17.9 Å². The zero-order valence-corrected chi connectivity index (χ0v) is 14.5. The molecule has 0 aliphatic rings. The first-order valence-electron chi connectivity index (χ1n) is 7.81. The number of carbonyl (C=O) groups excluding carboxylic acids is 3. The number of esters is 1. The number of aryl methyl sites for hydroxylation is 1. The van der Waals surface area contributed by atoms with E-state index in [1.165, 1.54) is 19.2 Å². The standard InChI is InChI=1S/C19H19N3O4/c1-12-3-5-13(6-4-12)17(23)11-16(19(25)26-2)21-22-18(24)14-7-9-15(20)10-8-14/h3-10H,11,20H2,1-2H3,(H,22,24)/b21-16-.